The van der Waals surface area contributed by atoms with E-state index in [-0.39, 0.29) is 22.6 Å². The predicted octanol–water partition coefficient (Wildman–Crippen LogP) is 3.15. The monoisotopic (exact) mass is 415 g/mol. The number of esters is 1. The molecule has 2 aromatic carbocycles. The van der Waals surface area contributed by atoms with E-state index in [1.54, 1.807) is 30.3 Å². The third kappa shape index (κ3) is 5.10. The number of carbonyl (C=O) groups excluding carboxylic acids is 1. The van der Waals surface area contributed by atoms with Crippen LogP contribution in [0.25, 0.3) is 11.0 Å². The van der Waals surface area contributed by atoms with Crippen LogP contribution >= 0.6 is 0 Å². The molecular weight excluding hydrogens is 394 g/mol. The lowest BCUT2D eigenvalue weighted by Gasteiger charge is -2.17. The fraction of sp³-hybridized carbons (Fsp3) is 0.238. The van der Waals surface area contributed by atoms with Crippen molar-refractivity contribution in [3.05, 3.63) is 70.6 Å². The number of aryl methyl sites for hydroxylation is 1. The van der Waals surface area contributed by atoms with Gasteiger partial charge in [0.2, 0.25) is 10.0 Å². The van der Waals surface area contributed by atoms with E-state index in [1.807, 2.05) is 13.8 Å². The zero-order chi connectivity index (χ0) is 21.0. The van der Waals surface area contributed by atoms with Crippen LogP contribution in [0.15, 0.2) is 68.7 Å². The molecule has 1 N–H and O–H groups in total. The highest BCUT2D eigenvalue weighted by Crippen LogP contribution is 2.20. The van der Waals surface area contributed by atoms with Gasteiger partial charge in [0.15, 0.2) is 0 Å². The lowest BCUT2D eigenvalue weighted by Crippen LogP contribution is -2.42. The highest BCUT2D eigenvalue weighted by atomic mass is 32.2. The van der Waals surface area contributed by atoms with E-state index in [4.69, 9.17) is 9.15 Å². The number of hydrogen-bond acceptors (Lipinski definition) is 6. The molecular formula is C21H21NO6S. The first kappa shape index (κ1) is 20.8. The molecule has 1 aromatic heterocycles. The Bertz CT molecular complexity index is 1180. The standard InChI is InChI=1S/C21H21NO6S/c1-3-4-18(22-29(25,26)17-10-5-14(2)6-11-17)21(24)27-16-9-7-15-8-12-20(23)28-19(15)13-16/h5-13,18,22H,3-4H2,1-2H3. The van der Waals surface area contributed by atoms with Crippen molar-refractivity contribution in [3.8, 4) is 5.75 Å². The molecule has 152 valence electrons. The van der Waals surface area contributed by atoms with E-state index >= 15 is 0 Å². The van der Waals surface area contributed by atoms with E-state index < -0.39 is 27.7 Å². The number of nitrogens with one attached hydrogen (secondary N) is 1. The van der Waals surface area contributed by atoms with Crippen LogP contribution in [-0.2, 0) is 14.8 Å². The normalized spacial score (nSPS) is 12.6. The fourth-order valence-corrected chi connectivity index (χ4v) is 4.00. The molecule has 0 fully saturated rings. The van der Waals surface area contributed by atoms with Gasteiger partial charge in [0.1, 0.15) is 17.4 Å². The van der Waals surface area contributed by atoms with Crippen LogP contribution in [0.5, 0.6) is 5.75 Å². The second-order valence-electron chi connectivity index (χ2n) is 6.65. The molecule has 8 heteroatoms. The highest BCUT2D eigenvalue weighted by molar-refractivity contribution is 7.89. The van der Waals surface area contributed by atoms with Crippen LogP contribution in [0, 0.1) is 6.92 Å². The van der Waals surface area contributed by atoms with E-state index in [1.165, 1.54) is 24.3 Å². The Balaban J connectivity index is 1.80. The van der Waals surface area contributed by atoms with Crippen molar-refractivity contribution in [2.45, 2.75) is 37.6 Å². The third-order valence-electron chi connectivity index (χ3n) is 4.30. The summed E-state index contributed by atoms with van der Waals surface area (Å²) in [6.07, 6.45) is 0.843. The number of hydrogen-bond donors (Lipinski definition) is 1. The number of fused-ring (bicyclic) bond motifs is 1. The number of ether oxygens (including phenoxy) is 1. The molecule has 0 saturated carbocycles. The number of sulfonamides is 1. The molecule has 0 spiro atoms. The zero-order valence-corrected chi connectivity index (χ0v) is 16.9. The molecule has 0 aliphatic rings. The summed E-state index contributed by atoms with van der Waals surface area (Å²) < 4.78 is 38.1. The SMILES string of the molecule is CCCC(NS(=O)(=O)c1ccc(C)cc1)C(=O)Oc1ccc2ccc(=O)oc2c1. The molecule has 0 radical (unpaired) electrons. The largest absolute Gasteiger partial charge is 0.425 e. The van der Waals surface area contributed by atoms with Crippen molar-refractivity contribution in [3.63, 3.8) is 0 Å². The van der Waals surface area contributed by atoms with Crippen molar-refractivity contribution in [2.75, 3.05) is 0 Å². The molecule has 1 unspecified atom stereocenters. The Morgan fingerprint density at radius 2 is 1.79 bits per heavy atom. The van der Waals surface area contributed by atoms with Crippen LogP contribution in [0.1, 0.15) is 25.3 Å². The summed E-state index contributed by atoms with van der Waals surface area (Å²) in [4.78, 5) is 24.1. The van der Waals surface area contributed by atoms with Gasteiger partial charge in [-0.2, -0.15) is 4.72 Å². The van der Waals surface area contributed by atoms with Crippen LogP contribution in [0.2, 0.25) is 0 Å². The lowest BCUT2D eigenvalue weighted by atomic mass is 10.2. The van der Waals surface area contributed by atoms with E-state index in [9.17, 15) is 18.0 Å². The van der Waals surface area contributed by atoms with Gasteiger partial charge in [-0.05, 0) is 43.7 Å². The molecule has 0 amide bonds. The van der Waals surface area contributed by atoms with Gasteiger partial charge in [-0.15, -0.1) is 0 Å². The summed E-state index contributed by atoms with van der Waals surface area (Å²) in [5, 5.41) is 0.676. The summed E-state index contributed by atoms with van der Waals surface area (Å²) >= 11 is 0. The Morgan fingerprint density at radius 1 is 1.10 bits per heavy atom. The molecule has 0 saturated heterocycles. The first-order valence-corrected chi connectivity index (χ1v) is 10.6. The maximum atomic E-state index is 12.6. The van der Waals surface area contributed by atoms with Gasteiger partial charge in [-0.1, -0.05) is 31.0 Å². The van der Waals surface area contributed by atoms with Crippen LogP contribution < -0.4 is 15.1 Å². The Kier molecular flexibility index (Phi) is 6.14. The fourth-order valence-electron chi connectivity index (χ4n) is 2.78. The summed E-state index contributed by atoms with van der Waals surface area (Å²) in [6.45, 7) is 3.69. The molecule has 7 nitrogen and oxygen atoms in total. The average Bonchev–Trinajstić information content (AvgIpc) is 2.67. The Hall–Kier alpha value is -2.97. The van der Waals surface area contributed by atoms with Gasteiger partial charge in [0.25, 0.3) is 0 Å². The zero-order valence-electron chi connectivity index (χ0n) is 16.0. The minimum absolute atomic E-state index is 0.0736. The van der Waals surface area contributed by atoms with Gasteiger partial charge in [0.05, 0.1) is 4.90 Å². The average molecular weight is 415 g/mol. The van der Waals surface area contributed by atoms with Gasteiger partial charge in [-0.25, -0.2) is 18.0 Å². The minimum Gasteiger partial charge on any atom is -0.425 e. The highest BCUT2D eigenvalue weighted by Gasteiger charge is 2.27. The van der Waals surface area contributed by atoms with E-state index in [2.05, 4.69) is 4.72 Å². The van der Waals surface area contributed by atoms with Crippen LogP contribution in [0.3, 0.4) is 0 Å². The Labute approximate surface area is 168 Å². The number of rotatable bonds is 7. The first-order valence-electron chi connectivity index (χ1n) is 9.13. The summed E-state index contributed by atoms with van der Waals surface area (Å²) in [5.41, 5.74) is 0.683. The predicted molar refractivity (Wildman–Crippen MR) is 108 cm³/mol. The van der Waals surface area contributed by atoms with Gasteiger partial charge >= 0.3 is 11.6 Å². The summed E-state index contributed by atoms with van der Waals surface area (Å²) in [5.74, 6) is -0.576. The van der Waals surface area contributed by atoms with Crippen molar-refractivity contribution < 1.29 is 22.4 Å². The second kappa shape index (κ2) is 8.59. The molecule has 1 heterocycles. The molecule has 0 aliphatic heterocycles. The number of benzene rings is 2. The van der Waals surface area contributed by atoms with E-state index in [0.29, 0.717) is 11.8 Å². The third-order valence-corrected chi connectivity index (χ3v) is 5.79. The van der Waals surface area contributed by atoms with Gasteiger partial charge in [-0.3, -0.25) is 0 Å². The number of carbonyl (C=O) groups is 1. The first-order chi connectivity index (χ1) is 13.8. The van der Waals surface area contributed by atoms with Gasteiger partial charge in [0, 0.05) is 17.5 Å². The topological polar surface area (TPSA) is 103 Å². The second-order valence-corrected chi connectivity index (χ2v) is 8.36. The maximum Gasteiger partial charge on any atom is 0.336 e. The minimum atomic E-state index is -3.89. The molecule has 1 atom stereocenters. The smallest absolute Gasteiger partial charge is 0.336 e. The molecule has 0 aliphatic carbocycles. The summed E-state index contributed by atoms with van der Waals surface area (Å²) in [6, 6.07) is 12.8. The van der Waals surface area contributed by atoms with Crippen molar-refractivity contribution >= 4 is 27.0 Å². The van der Waals surface area contributed by atoms with Crippen molar-refractivity contribution in [1.29, 1.82) is 0 Å². The quantitative estimate of drug-likeness (QED) is 0.361. The molecule has 3 rings (SSSR count). The van der Waals surface area contributed by atoms with Gasteiger partial charge < -0.3 is 9.15 Å². The van der Waals surface area contributed by atoms with E-state index in [0.717, 1.165) is 5.56 Å². The van der Waals surface area contributed by atoms with Crippen LogP contribution in [-0.4, -0.2) is 20.4 Å². The Morgan fingerprint density at radius 3 is 2.48 bits per heavy atom. The molecule has 3 aromatic rings. The molecule has 0 bridgehead atoms. The van der Waals surface area contributed by atoms with Crippen molar-refractivity contribution in [1.82, 2.24) is 4.72 Å². The lowest BCUT2D eigenvalue weighted by molar-refractivity contribution is -0.136. The van der Waals surface area contributed by atoms with Crippen molar-refractivity contribution in [2.24, 2.45) is 0 Å². The molecule has 29 heavy (non-hydrogen) atoms. The summed E-state index contributed by atoms with van der Waals surface area (Å²) in [7, 11) is -3.89. The van der Waals surface area contributed by atoms with Crippen LogP contribution in [0.4, 0.5) is 0 Å². The maximum absolute atomic E-state index is 12.6.